The Balaban J connectivity index is 1.53. The standard InChI is InChI=1S/C21H28N4O2S/c1-21(9-11-25(12-10-21)20(27)13-5-3-4-6-13)15-8-7-14-16(22)17(18(26)23-2)28-19(14)24-15/h7-8,13H,3-6,9-12,22H2,1-2H3,(H,23,26). The van der Waals surface area contributed by atoms with Crippen LogP contribution in [0.3, 0.4) is 0 Å². The zero-order chi connectivity index (χ0) is 19.9. The first-order valence-electron chi connectivity index (χ1n) is 10.1. The van der Waals surface area contributed by atoms with Crippen LogP contribution in [-0.4, -0.2) is 41.8 Å². The first kappa shape index (κ1) is 19.2. The van der Waals surface area contributed by atoms with Gasteiger partial charge < -0.3 is 16.0 Å². The highest BCUT2D eigenvalue weighted by Crippen LogP contribution is 2.39. The smallest absolute Gasteiger partial charge is 0.263 e. The summed E-state index contributed by atoms with van der Waals surface area (Å²) in [4.78, 5) is 33.0. The van der Waals surface area contributed by atoms with Crippen molar-refractivity contribution in [3.8, 4) is 0 Å². The third-order valence-electron chi connectivity index (χ3n) is 6.53. The monoisotopic (exact) mass is 400 g/mol. The van der Waals surface area contributed by atoms with Gasteiger partial charge in [-0.2, -0.15) is 0 Å². The van der Waals surface area contributed by atoms with Crippen LogP contribution in [0.15, 0.2) is 12.1 Å². The molecule has 2 aliphatic rings. The van der Waals surface area contributed by atoms with Crippen LogP contribution >= 0.6 is 11.3 Å². The van der Waals surface area contributed by atoms with E-state index >= 15 is 0 Å². The summed E-state index contributed by atoms with van der Waals surface area (Å²) in [6.07, 6.45) is 6.30. The van der Waals surface area contributed by atoms with E-state index in [1.54, 1.807) is 7.05 Å². The van der Waals surface area contributed by atoms with Crippen molar-refractivity contribution < 1.29 is 9.59 Å². The van der Waals surface area contributed by atoms with Crippen LogP contribution in [-0.2, 0) is 10.2 Å². The van der Waals surface area contributed by atoms with E-state index in [2.05, 4.69) is 17.1 Å². The van der Waals surface area contributed by atoms with Crippen LogP contribution in [0.5, 0.6) is 0 Å². The summed E-state index contributed by atoms with van der Waals surface area (Å²) in [7, 11) is 1.60. The van der Waals surface area contributed by atoms with Crippen molar-refractivity contribution >= 4 is 39.1 Å². The quantitative estimate of drug-likeness (QED) is 0.827. The summed E-state index contributed by atoms with van der Waals surface area (Å²) in [5, 5.41) is 3.47. The number of nitrogens with two attached hydrogens (primary N) is 1. The van der Waals surface area contributed by atoms with Crippen LogP contribution in [0.25, 0.3) is 10.2 Å². The number of hydrogen-bond acceptors (Lipinski definition) is 5. The minimum atomic E-state index is -0.174. The highest BCUT2D eigenvalue weighted by molar-refractivity contribution is 7.21. The fraction of sp³-hybridized carbons (Fsp3) is 0.571. The lowest BCUT2D eigenvalue weighted by atomic mass is 9.77. The van der Waals surface area contributed by atoms with Gasteiger partial charge >= 0.3 is 0 Å². The van der Waals surface area contributed by atoms with Gasteiger partial charge in [-0.15, -0.1) is 11.3 Å². The number of likely N-dealkylation sites (tertiary alicyclic amines) is 1. The van der Waals surface area contributed by atoms with Crippen LogP contribution in [0.2, 0.25) is 0 Å². The first-order chi connectivity index (χ1) is 13.4. The topological polar surface area (TPSA) is 88.3 Å². The number of rotatable bonds is 3. The number of nitrogens with one attached hydrogen (secondary N) is 1. The molecule has 2 fully saturated rings. The molecule has 1 saturated heterocycles. The van der Waals surface area contributed by atoms with E-state index in [1.165, 1.54) is 24.2 Å². The molecule has 2 aromatic rings. The zero-order valence-corrected chi connectivity index (χ0v) is 17.4. The number of nitrogens with zero attached hydrogens (tertiary/aromatic N) is 2. The van der Waals surface area contributed by atoms with E-state index in [4.69, 9.17) is 10.7 Å². The van der Waals surface area contributed by atoms with Crippen LogP contribution in [0.1, 0.15) is 60.8 Å². The molecule has 1 aliphatic carbocycles. The number of carbonyl (C=O) groups is 2. The molecule has 150 valence electrons. The van der Waals surface area contributed by atoms with Gasteiger partial charge in [-0.1, -0.05) is 19.8 Å². The molecule has 6 nitrogen and oxygen atoms in total. The SMILES string of the molecule is CNC(=O)c1sc2nc(C3(C)CCN(C(=O)C4CCCC4)CC3)ccc2c1N. The third kappa shape index (κ3) is 3.26. The molecular weight excluding hydrogens is 372 g/mol. The second-order valence-corrected chi connectivity index (χ2v) is 9.34. The Morgan fingerprint density at radius 2 is 1.93 bits per heavy atom. The number of anilines is 1. The molecule has 0 spiro atoms. The molecule has 0 radical (unpaired) electrons. The number of carbonyl (C=O) groups excluding carboxylic acids is 2. The summed E-state index contributed by atoms with van der Waals surface area (Å²) in [5.74, 6) is 0.423. The fourth-order valence-corrected chi connectivity index (χ4v) is 5.56. The van der Waals surface area contributed by atoms with Crippen LogP contribution < -0.4 is 11.1 Å². The third-order valence-corrected chi connectivity index (χ3v) is 7.64. The predicted molar refractivity (Wildman–Crippen MR) is 113 cm³/mol. The number of fused-ring (bicyclic) bond motifs is 1. The van der Waals surface area contributed by atoms with Gasteiger partial charge in [0.2, 0.25) is 5.91 Å². The van der Waals surface area contributed by atoms with E-state index in [0.717, 1.165) is 54.7 Å². The van der Waals surface area contributed by atoms with Crippen LogP contribution in [0, 0.1) is 5.92 Å². The number of thiophene rings is 1. The maximum atomic E-state index is 12.7. The number of nitrogen functional groups attached to an aromatic ring is 1. The summed E-state index contributed by atoms with van der Waals surface area (Å²) in [6, 6.07) is 4.02. The van der Waals surface area contributed by atoms with Crippen molar-refractivity contribution in [2.24, 2.45) is 5.92 Å². The molecule has 0 unspecified atom stereocenters. The molecule has 1 aliphatic heterocycles. The van der Waals surface area contributed by atoms with Crippen molar-refractivity contribution in [1.29, 1.82) is 0 Å². The van der Waals surface area contributed by atoms with Gasteiger partial charge in [0.25, 0.3) is 5.91 Å². The highest BCUT2D eigenvalue weighted by atomic mass is 32.1. The van der Waals surface area contributed by atoms with Gasteiger partial charge in [0.15, 0.2) is 0 Å². The van der Waals surface area contributed by atoms with Gasteiger partial charge in [-0.05, 0) is 37.8 Å². The molecule has 0 aromatic carbocycles. The minimum Gasteiger partial charge on any atom is -0.397 e. The molecule has 0 atom stereocenters. The summed E-state index contributed by atoms with van der Waals surface area (Å²) >= 11 is 1.34. The minimum absolute atomic E-state index is 0.0629. The van der Waals surface area contributed by atoms with E-state index in [-0.39, 0.29) is 17.2 Å². The second kappa shape index (κ2) is 7.35. The van der Waals surface area contributed by atoms with Crippen molar-refractivity contribution in [3.63, 3.8) is 0 Å². The molecule has 3 N–H and O–H groups in total. The maximum absolute atomic E-state index is 12.7. The molecule has 2 aromatic heterocycles. The largest absolute Gasteiger partial charge is 0.397 e. The molecular formula is C21H28N4O2S. The second-order valence-electron chi connectivity index (χ2n) is 8.34. The number of hydrogen-bond donors (Lipinski definition) is 2. The lowest BCUT2D eigenvalue weighted by Gasteiger charge is -2.40. The van der Waals surface area contributed by atoms with Crippen molar-refractivity contribution in [1.82, 2.24) is 15.2 Å². The summed E-state index contributed by atoms with van der Waals surface area (Å²) in [6.45, 7) is 3.82. The molecule has 1 saturated carbocycles. The van der Waals surface area contributed by atoms with Crippen molar-refractivity contribution in [3.05, 3.63) is 22.7 Å². The van der Waals surface area contributed by atoms with E-state index in [0.29, 0.717) is 16.5 Å². The molecule has 28 heavy (non-hydrogen) atoms. The Morgan fingerprint density at radius 3 is 2.57 bits per heavy atom. The Bertz CT molecular complexity index is 909. The molecule has 7 heteroatoms. The van der Waals surface area contributed by atoms with Gasteiger partial charge in [-0.3, -0.25) is 9.59 Å². The van der Waals surface area contributed by atoms with Crippen molar-refractivity contribution in [2.45, 2.75) is 50.9 Å². The normalized spacial score (nSPS) is 19.9. The van der Waals surface area contributed by atoms with E-state index < -0.39 is 0 Å². The van der Waals surface area contributed by atoms with Crippen molar-refractivity contribution in [2.75, 3.05) is 25.9 Å². The predicted octanol–water partition coefficient (Wildman–Crippen LogP) is 3.31. The number of aromatic nitrogens is 1. The Morgan fingerprint density at radius 1 is 1.25 bits per heavy atom. The zero-order valence-electron chi connectivity index (χ0n) is 16.6. The molecule has 0 bridgehead atoms. The average molecular weight is 401 g/mol. The summed E-state index contributed by atoms with van der Waals surface area (Å²) < 4.78 is 0. The lowest BCUT2D eigenvalue weighted by molar-refractivity contribution is -0.136. The van der Waals surface area contributed by atoms with Gasteiger partial charge in [0.05, 0.1) is 5.69 Å². The number of pyridine rings is 1. The van der Waals surface area contributed by atoms with E-state index in [1.807, 2.05) is 12.1 Å². The molecule has 4 rings (SSSR count). The van der Waals surface area contributed by atoms with Gasteiger partial charge in [-0.25, -0.2) is 4.98 Å². The highest BCUT2D eigenvalue weighted by Gasteiger charge is 2.37. The molecule has 3 heterocycles. The molecule has 2 amide bonds. The lowest BCUT2D eigenvalue weighted by Crippen LogP contribution is -2.46. The van der Waals surface area contributed by atoms with E-state index in [9.17, 15) is 9.59 Å². The Labute approximate surface area is 169 Å². The number of piperidine rings is 1. The van der Waals surface area contributed by atoms with Gasteiger partial charge in [0, 0.05) is 42.6 Å². The Hall–Kier alpha value is -2.15. The maximum Gasteiger partial charge on any atom is 0.263 e. The summed E-state index contributed by atoms with van der Waals surface area (Å²) in [5.41, 5.74) is 7.62. The number of amides is 2. The van der Waals surface area contributed by atoms with Gasteiger partial charge in [0.1, 0.15) is 9.71 Å². The first-order valence-corrected chi connectivity index (χ1v) is 10.9. The average Bonchev–Trinajstić information content (AvgIpc) is 3.36. The van der Waals surface area contributed by atoms with Crippen LogP contribution in [0.4, 0.5) is 5.69 Å². The Kier molecular flexibility index (Phi) is 5.04. The fourth-order valence-electron chi connectivity index (χ4n) is 4.52.